The molecule has 0 fully saturated rings. The number of amidine groups is 2. The Hall–Kier alpha value is -1.99. The van der Waals surface area contributed by atoms with E-state index in [0.717, 1.165) is 0 Å². The highest BCUT2D eigenvalue weighted by Crippen LogP contribution is 2.16. The van der Waals surface area contributed by atoms with Gasteiger partial charge in [-0.3, -0.25) is 15.2 Å². The molecule has 0 saturated heterocycles. The molecule has 0 radical (unpaired) electrons. The van der Waals surface area contributed by atoms with Crippen LogP contribution in [0.2, 0.25) is 0 Å². The van der Waals surface area contributed by atoms with Gasteiger partial charge in [-0.25, -0.2) is 0 Å². The average Bonchev–Trinajstić information content (AvgIpc) is 2.25. The number of carbonyl (C=O) groups is 1. The first-order valence-electron chi connectivity index (χ1n) is 5.80. The van der Waals surface area contributed by atoms with E-state index in [2.05, 4.69) is 15.2 Å². The molecule has 108 valence electrons. The average molecular weight is 270 g/mol. The number of nitrogens with two attached hydrogens (primary N) is 2. The van der Waals surface area contributed by atoms with Gasteiger partial charge < -0.3 is 16.6 Å². The zero-order valence-electron chi connectivity index (χ0n) is 11.8. The Balaban J connectivity index is 4.83. The lowest BCUT2D eigenvalue weighted by atomic mass is 10.0. The van der Waals surface area contributed by atoms with Gasteiger partial charge in [0.1, 0.15) is 22.7 Å². The SMILES string of the molecule is CC(C)(N=NC(C)(C)C(N)=NCCC(=O)O)C(=N)N. The maximum atomic E-state index is 10.4. The first kappa shape index (κ1) is 17.0. The zero-order chi connectivity index (χ0) is 15.3. The molecule has 0 aromatic rings. The van der Waals surface area contributed by atoms with Crippen LogP contribution >= 0.6 is 0 Å². The smallest absolute Gasteiger partial charge is 0.305 e. The second-order valence-electron chi connectivity index (χ2n) is 5.14. The molecule has 6 N–H and O–H groups in total. The van der Waals surface area contributed by atoms with Gasteiger partial charge >= 0.3 is 5.97 Å². The van der Waals surface area contributed by atoms with Crippen LogP contribution in [0.4, 0.5) is 0 Å². The van der Waals surface area contributed by atoms with Gasteiger partial charge in [-0.2, -0.15) is 10.2 Å². The van der Waals surface area contributed by atoms with Crippen LogP contribution in [0, 0.1) is 5.41 Å². The summed E-state index contributed by atoms with van der Waals surface area (Å²) in [6, 6.07) is 0. The molecule has 0 aliphatic heterocycles. The summed E-state index contributed by atoms with van der Waals surface area (Å²) in [5.74, 6) is -0.848. The monoisotopic (exact) mass is 270 g/mol. The maximum absolute atomic E-state index is 10.4. The molecule has 19 heavy (non-hydrogen) atoms. The minimum Gasteiger partial charge on any atom is -0.481 e. The first-order chi connectivity index (χ1) is 8.49. The molecule has 0 rings (SSSR count). The fourth-order valence-corrected chi connectivity index (χ4v) is 0.821. The van der Waals surface area contributed by atoms with E-state index in [-0.39, 0.29) is 24.6 Å². The minimum atomic E-state index is -0.936. The Bertz CT molecular complexity index is 411. The number of hydrogen-bond acceptors (Lipinski definition) is 5. The van der Waals surface area contributed by atoms with Crippen molar-refractivity contribution in [3.8, 4) is 0 Å². The normalized spacial score (nSPS) is 13.8. The molecule has 0 amide bonds. The molecule has 0 spiro atoms. The predicted molar refractivity (Wildman–Crippen MR) is 73.7 cm³/mol. The number of aliphatic imine (C=N–C) groups is 1. The van der Waals surface area contributed by atoms with Gasteiger partial charge in [0.05, 0.1) is 13.0 Å². The van der Waals surface area contributed by atoms with Gasteiger partial charge in [0.25, 0.3) is 0 Å². The Morgan fingerprint density at radius 3 is 2.05 bits per heavy atom. The van der Waals surface area contributed by atoms with E-state index >= 15 is 0 Å². The van der Waals surface area contributed by atoms with Gasteiger partial charge in [-0.15, -0.1) is 0 Å². The number of aliphatic carboxylic acids is 1. The van der Waals surface area contributed by atoms with E-state index in [1.54, 1.807) is 27.7 Å². The second kappa shape index (κ2) is 6.26. The van der Waals surface area contributed by atoms with Crippen LogP contribution in [0.5, 0.6) is 0 Å². The summed E-state index contributed by atoms with van der Waals surface area (Å²) in [6.07, 6.45) is -0.0904. The third-order valence-corrected chi connectivity index (χ3v) is 2.44. The second-order valence-corrected chi connectivity index (χ2v) is 5.14. The zero-order valence-corrected chi connectivity index (χ0v) is 11.8. The molecular weight excluding hydrogens is 248 g/mol. The van der Waals surface area contributed by atoms with Crippen molar-refractivity contribution in [1.29, 1.82) is 5.41 Å². The standard InChI is InChI=1S/C11H22N6O2/c1-10(2,8(12)13)16-17-11(3,4)9(14)15-6-5-7(18)19/h5-6H2,1-4H3,(H3,12,13)(H2,14,15)(H,18,19). The summed E-state index contributed by atoms with van der Waals surface area (Å²) >= 11 is 0. The molecule has 0 saturated carbocycles. The molecular formula is C11H22N6O2. The molecule has 0 aromatic heterocycles. The third-order valence-electron chi connectivity index (χ3n) is 2.44. The van der Waals surface area contributed by atoms with Crippen LogP contribution in [0.15, 0.2) is 15.2 Å². The van der Waals surface area contributed by atoms with E-state index in [1.165, 1.54) is 0 Å². The summed E-state index contributed by atoms with van der Waals surface area (Å²) < 4.78 is 0. The fraction of sp³-hybridized carbons (Fsp3) is 0.727. The highest BCUT2D eigenvalue weighted by Gasteiger charge is 2.26. The number of carboxylic acid groups (broad SMARTS) is 1. The van der Waals surface area contributed by atoms with Gasteiger partial charge in [-0.05, 0) is 27.7 Å². The van der Waals surface area contributed by atoms with E-state index in [4.69, 9.17) is 22.0 Å². The number of rotatable bonds is 7. The van der Waals surface area contributed by atoms with Gasteiger partial charge in [0.15, 0.2) is 0 Å². The van der Waals surface area contributed by atoms with Crippen molar-refractivity contribution in [3.63, 3.8) is 0 Å². The van der Waals surface area contributed by atoms with Crippen LogP contribution in [0.25, 0.3) is 0 Å². The van der Waals surface area contributed by atoms with Crippen LogP contribution in [0.1, 0.15) is 34.1 Å². The van der Waals surface area contributed by atoms with Crippen LogP contribution in [0.3, 0.4) is 0 Å². The summed E-state index contributed by atoms with van der Waals surface area (Å²) in [4.78, 5) is 14.3. The summed E-state index contributed by atoms with van der Waals surface area (Å²) in [6.45, 7) is 6.81. The van der Waals surface area contributed by atoms with Gasteiger partial charge in [-0.1, -0.05) is 0 Å². The minimum absolute atomic E-state index is 0.0904. The van der Waals surface area contributed by atoms with E-state index in [1.807, 2.05) is 0 Å². The summed E-state index contributed by atoms with van der Waals surface area (Å²) in [5, 5.41) is 23.9. The number of azo groups is 1. The largest absolute Gasteiger partial charge is 0.481 e. The molecule has 0 aromatic carbocycles. The topological polar surface area (TPSA) is 150 Å². The van der Waals surface area contributed by atoms with Crippen LogP contribution in [-0.4, -0.2) is 40.4 Å². The maximum Gasteiger partial charge on any atom is 0.305 e. The molecule has 0 unspecified atom stereocenters. The number of hydrogen-bond donors (Lipinski definition) is 4. The molecule has 0 bridgehead atoms. The third kappa shape index (κ3) is 5.94. The lowest BCUT2D eigenvalue weighted by Gasteiger charge is -2.21. The van der Waals surface area contributed by atoms with Crippen LogP contribution < -0.4 is 11.5 Å². The Kier molecular flexibility index (Phi) is 5.60. The molecule has 8 nitrogen and oxygen atoms in total. The Morgan fingerprint density at radius 1 is 1.16 bits per heavy atom. The van der Waals surface area contributed by atoms with Crippen molar-refractivity contribution < 1.29 is 9.90 Å². The van der Waals surface area contributed by atoms with Crippen molar-refractivity contribution in [2.75, 3.05) is 6.54 Å². The lowest BCUT2D eigenvalue weighted by molar-refractivity contribution is -0.136. The quantitative estimate of drug-likeness (QED) is 0.306. The van der Waals surface area contributed by atoms with Gasteiger partial charge in [0.2, 0.25) is 0 Å². The summed E-state index contributed by atoms with van der Waals surface area (Å²) in [5.41, 5.74) is 9.38. The van der Waals surface area contributed by atoms with Crippen molar-refractivity contribution in [1.82, 2.24) is 0 Å². The predicted octanol–water partition coefficient (Wildman–Crippen LogP) is 0.764. The summed E-state index contributed by atoms with van der Waals surface area (Å²) in [7, 11) is 0. The molecule has 0 heterocycles. The highest BCUT2D eigenvalue weighted by molar-refractivity contribution is 5.89. The molecule has 0 atom stereocenters. The van der Waals surface area contributed by atoms with Crippen molar-refractivity contribution in [2.45, 2.75) is 45.2 Å². The van der Waals surface area contributed by atoms with E-state index in [0.29, 0.717) is 0 Å². The first-order valence-corrected chi connectivity index (χ1v) is 5.80. The molecule has 8 heteroatoms. The van der Waals surface area contributed by atoms with Crippen molar-refractivity contribution >= 4 is 17.6 Å². The molecule has 0 aliphatic rings. The Labute approximate surface area is 112 Å². The lowest BCUT2D eigenvalue weighted by Crippen LogP contribution is -2.39. The Morgan fingerprint density at radius 2 is 1.63 bits per heavy atom. The number of carboxylic acids is 1. The van der Waals surface area contributed by atoms with Crippen LogP contribution in [-0.2, 0) is 4.79 Å². The fourth-order valence-electron chi connectivity index (χ4n) is 0.821. The van der Waals surface area contributed by atoms with Gasteiger partial charge in [0, 0.05) is 0 Å². The van der Waals surface area contributed by atoms with E-state index in [9.17, 15) is 4.79 Å². The van der Waals surface area contributed by atoms with E-state index < -0.39 is 17.0 Å². The number of nitrogens with one attached hydrogen (secondary N) is 1. The highest BCUT2D eigenvalue weighted by atomic mass is 16.4. The van der Waals surface area contributed by atoms with Crippen molar-refractivity contribution in [3.05, 3.63) is 0 Å². The molecule has 0 aliphatic carbocycles. The van der Waals surface area contributed by atoms with Crippen molar-refractivity contribution in [2.24, 2.45) is 26.7 Å². The number of nitrogens with zero attached hydrogens (tertiary/aromatic N) is 3.